The van der Waals surface area contributed by atoms with Gasteiger partial charge in [0.2, 0.25) is 0 Å². The van der Waals surface area contributed by atoms with E-state index < -0.39 is 0 Å². The van der Waals surface area contributed by atoms with Crippen molar-refractivity contribution >= 4 is 5.78 Å². The third-order valence-corrected chi connectivity index (χ3v) is 3.15. The van der Waals surface area contributed by atoms with E-state index in [4.69, 9.17) is 0 Å². The van der Waals surface area contributed by atoms with E-state index in [1.165, 1.54) is 11.1 Å². The van der Waals surface area contributed by atoms with Crippen molar-refractivity contribution in [1.29, 1.82) is 0 Å². The van der Waals surface area contributed by atoms with Crippen LogP contribution in [0.2, 0.25) is 0 Å². The zero-order valence-corrected chi connectivity index (χ0v) is 10.1. The van der Waals surface area contributed by atoms with Crippen LogP contribution in [-0.2, 0) is 0 Å². The summed E-state index contributed by atoms with van der Waals surface area (Å²) in [6, 6.07) is 5.99. The molecular formula is C14H20O. The molecule has 0 saturated carbocycles. The highest BCUT2D eigenvalue weighted by Crippen LogP contribution is 2.18. The molecule has 1 heteroatoms. The minimum atomic E-state index is 0.187. The lowest BCUT2D eigenvalue weighted by atomic mass is 9.91. The molecule has 0 unspecified atom stereocenters. The van der Waals surface area contributed by atoms with E-state index in [0.717, 1.165) is 18.4 Å². The number of hydrogen-bond acceptors (Lipinski definition) is 1. The van der Waals surface area contributed by atoms with Gasteiger partial charge in [-0.05, 0) is 43.9 Å². The summed E-state index contributed by atoms with van der Waals surface area (Å²) < 4.78 is 0. The van der Waals surface area contributed by atoms with Crippen LogP contribution in [0, 0.1) is 19.8 Å². The molecule has 0 atom stereocenters. The van der Waals surface area contributed by atoms with E-state index in [0.29, 0.717) is 5.78 Å². The van der Waals surface area contributed by atoms with Gasteiger partial charge < -0.3 is 0 Å². The quantitative estimate of drug-likeness (QED) is 0.679. The molecule has 82 valence electrons. The smallest absolute Gasteiger partial charge is 0.165 e. The van der Waals surface area contributed by atoms with Gasteiger partial charge in [0.05, 0.1) is 0 Å². The molecule has 0 heterocycles. The topological polar surface area (TPSA) is 17.1 Å². The number of aryl methyl sites for hydroxylation is 2. The van der Waals surface area contributed by atoms with E-state index in [9.17, 15) is 4.79 Å². The van der Waals surface area contributed by atoms with E-state index in [-0.39, 0.29) is 5.92 Å². The number of ketones is 1. The van der Waals surface area contributed by atoms with Crippen LogP contribution < -0.4 is 0 Å². The fraction of sp³-hybridized carbons (Fsp3) is 0.500. The first kappa shape index (κ1) is 12.0. The Bertz CT molecular complexity index is 348. The number of carbonyl (C=O) groups is 1. The van der Waals surface area contributed by atoms with Crippen LogP contribution in [0.4, 0.5) is 0 Å². The van der Waals surface area contributed by atoms with Crippen molar-refractivity contribution in [1.82, 2.24) is 0 Å². The average Bonchev–Trinajstić information content (AvgIpc) is 2.23. The second-order valence-corrected chi connectivity index (χ2v) is 4.18. The molecule has 0 bridgehead atoms. The lowest BCUT2D eigenvalue weighted by Gasteiger charge is -2.12. The molecule has 1 nitrogen and oxygen atoms in total. The van der Waals surface area contributed by atoms with Crippen molar-refractivity contribution in [3.8, 4) is 0 Å². The first-order valence-electron chi connectivity index (χ1n) is 5.71. The highest BCUT2D eigenvalue weighted by Gasteiger charge is 2.16. The Morgan fingerprint density at radius 2 is 1.73 bits per heavy atom. The van der Waals surface area contributed by atoms with Crippen molar-refractivity contribution in [2.45, 2.75) is 40.5 Å². The van der Waals surface area contributed by atoms with E-state index >= 15 is 0 Å². The Kier molecular flexibility index (Phi) is 4.07. The van der Waals surface area contributed by atoms with E-state index in [1.807, 2.05) is 18.2 Å². The maximum absolute atomic E-state index is 12.1. The standard InChI is InChI=1S/C14H20O/c1-5-12(6-2)14(15)13-8-7-10(3)11(4)9-13/h7-9,12H,5-6H2,1-4H3. The molecule has 1 aromatic rings. The van der Waals surface area contributed by atoms with Crippen molar-refractivity contribution in [2.75, 3.05) is 0 Å². The molecule has 0 aromatic heterocycles. The van der Waals surface area contributed by atoms with Gasteiger partial charge in [0.15, 0.2) is 5.78 Å². The SMILES string of the molecule is CCC(CC)C(=O)c1ccc(C)c(C)c1. The summed E-state index contributed by atoms with van der Waals surface area (Å²) in [6.07, 6.45) is 1.87. The predicted octanol–water partition coefficient (Wildman–Crippen LogP) is 3.92. The van der Waals surface area contributed by atoms with Crippen LogP contribution >= 0.6 is 0 Å². The largest absolute Gasteiger partial charge is 0.294 e. The molecule has 0 saturated heterocycles. The monoisotopic (exact) mass is 204 g/mol. The summed E-state index contributed by atoms with van der Waals surface area (Å²) in [6.45, 7) is 8.28. The molecule has 0 fully saturated rings. The molecule has 1 aromatic carbocycles. The summed E-state index contributed by atoms with van der Waals surface area (Å²) >= 11 is 0. The van der Waals surface area contributed by atoms with Gasteiger partial charge >= 0.3 is 0 Å². The van der Waals surface area contributed by atoms with Gasteiger partial charge in [-0.15, -0.1) is 0 Å². The van der Waals surface area contributed by atoms with Crippen molar-refractivity contribution in [2.24, 2.45) is 5.92 Å². The van der Waals surface area contributed by atoms with Gasteiger partial charge in [-0.3, -0.25) is 4.79 Å². The second kappa shape index (κ2) is 5.11. The number of Topliss-reactive ketones (excluding diaryl/α,β-unsaturated/α-hetero) is 1. The Morgan fingerprint density at radius 3 is 2.20 bits per heavy atom. The molecule has 0 aliphatic carbocycles. The van der Waals surface area contributed by atoms with Crippen LogP contribution in [0.15, 0.2) is 18.2 Å². The highest BCUT2D eigenvalue weighted by atomic mass is 16.1. The molecule has 0 N–H and O–H groups in total. The van der Waals surface area contributed by atoms with E-state index in [2.05, 4.69) is 27.7 Å². The molecular weight excluding hydrogens is 184 g/mol. The summed E-state index contributed by atoms with van der Waals surface area (Å²) in [5.74, 6) is 0.482. The first-order chi connectivity index (χ1) is 7.10. The summed E-state index contributed by atoms with van der Waals surface area (Å²) in [7, 11) is 0. The number of hydrogen-bond donors (Lipinski definition) is 0. The van der Waals surface area contributed by atoms with Crippen LogP contribution in [0.5, 0.6) is 0 Å². The average molecular weight is 204 g/mol. The van der Waals surface area contributed by atoms with Crippen LogP contribution in [0.25, 0.3) is 0 Å². The molecule has 0 radical (unpaired) electrons. The Balaban J connectivity index is 2.96. The molecule has 0 aliphatic rings. The lowest BCUT2D eigenvalue weighted by Crippen LogP contribution is -2.13. The minimum absolute atomic E-state index is 0.187. The summed E-state index contributed by atoms with van der Waals surface area (Å²) in [4.78, 5) is 12.1. The third-order valence-electron chi connectivity index (χ3n) is 3.15. The Labute approximate surface area is 92.5 Å². The maximum Gasteiger partial charge on any atom is 0.165 e. The second-order valence-electron chi connectivity index (χ2n) is 4.18. The fourth-order valence-corrected chi connectivity index (χ4v) is 1.79. The van der Waals surface area contributed by atoms with Gasteiger partial charge in [-0.25, -0.2) is 0 Å². The number of rotatable bonds is 4. The van der Waals surface area contributed by atoms with Gasteiger partial charge in [0.25, 0.3) is 0 Å². The van der Waals surface area contributed by atoms with Crippen molar-refractivity contribution < 1.29 is 4.79 Å². The van der Waals surface area contributed by atoms with Crippen LogP contribution in [0.1, 0.15) is 48.2 Å². The number of carbonyl (C=O) groups excluding carboxylic acids is 1. The normalized spacial score (nSPS) is 10.7. The minimum Gasteiger partial charge on any atom is -0.294 e. The van der Waals surface area contributed by atoms with Crippen LogP contribution in [0.3, 0.4) is 0 Å². The Morgan fingerprint density at radius 1 is 1.13 bits per heavy atom. The fourth-order valence-electron chi connectivity index (χ4n) is 1.79. The lowest BCUT2D eigenvalue weighted by molar-refractivity contribution is 0.0913. The molecule has 0 aliphatic heterocycles. The molecule has 0 spiro atoms. The summed E-state index contributed by atoms with van der Waals surface area (Å²) in [5, 5.41) is 0. The van der Waals surface area contributed by atoms with Gasteiger partial charge in [0.1, 0.15) is 0 Å². The van der Waals surface area contributed by atoms with Gasteiger partial charge in [0, 0.05) is 11.5 Å². The van der Waals surface area contributed by atoms with E-state index in [1.54, 1.807) is 0 Å². The number of benzene rings is 1. The maximum atomic E-state index is 12.1. The van der Waals surface area contributed by atoms with Crippen molar-refractivity contribution in [3.05, 3.63) is 34.9 Å². The van der Waals surface area contributed by atoms with Crippen LogP contribution in [-0.4, -0.2) is 5.78 Å². The summed E-state index contributed by atoms with van der Waals surface area (Å²) in [5.41, 5.74) is 3.31. The molecule has 15 heavy (non-hydrogen) atoms. The first-order valence-corrected chi connectivity index (χ1v) is 5.71. The van der Waals surface area contributed by atoms with Gasteiger partial charge in [-0.2, -0.15) is 0 Å². The van der Waals surface area contributed by atoms with Crippen molar-refractivity contribution in [3.63, 3.8) is 0 Å². The Hall–Kier alpha value is -1.11. The predicted molar refractivity (Wildman–Crippen MR) is 64.3 cm³/mol. The molecule has 1 rings (SSSR count). The van der Waals surface area contributed by atoms with Gasteiger partial charge in [-0.1, -0.05) is 26.0 Å². The zero-order valence-electron chi connectivity index (χ0n) is 10.1. The zero-order chi connectivity index (χ0) is 11.4. The third kappa shape index (κ3) is 2.68. The molecule has 0 amide bonds. The highest BCUT2D eigenvalue weighted by molar-refractivity contribution is 5.98.